The Morgan fingerprint density at radius 3 is 2.29 bits per heavy atom. The lowest BCUT2D eigenvalue weighted by atomic mass is 9.83. The number of Topliss-reactive ketones (excluding diaryl/α,β-unsaturated/α-hetero) is 1. The zero-order valence-corrected chi connectivity index (χ0v) is 11.6. The van der Waals surface area contributed by atoms with Crippen molar-refractivity contribution in [3.05, 3.63) is 24.8 Å². The largest absolute Gasteiger partial charge is 0.308 e. The summed E-state index contributed by atoms with van der Waals surface area (Å²) in [6.45, 7) is 7.45. The monoisotopic (exact) mass is 237 g/mol. The van der Waals surface area contributed by atoms with Gasteiger partial charge < -0.3 is 5.32 Å². The highest BCUT2D eigenvalue weighted by Gasteiger charge is 2.31. The molecular formula is C15H27NO. The Hall–Kier alpha value is -0.890. The van der Waals surface area contributed by atoms with Crippen molar-refractivity contribution in [1.29, 1.82) is 0 Å². The SMILES string of the molecule is C=CCCC[C@](CCCC=CC)(NC)C(C)=O. The summed E-state index contributed by atoms with van der Waals surface area (Å²) < 4.78 is 0. The first-order valence-corrected chi connectivity index (χ1v) is 6.55. The topological polar surface area (TPSA) is 29.1 Å². The van der Waals surface area contributed by atoms with Crippen LogP contribution in [0.25, 0.3) is 0 Å². The molecule has 0 aliphatic rings. The highest BCUT2D eigenvalue weighted by atomic mass is 16.1. The maximum atomic E-state index is 11.8. The highest BCUT2D eigenvalue weighted by molar-refractivity contribution is 5.86. The highest BCUT2D eigenvalue weighted by Crippen LogP contribution is 2.22. The smallest absolute Gasteiger partial charge is 0.149 e. The van der Waals surface area contributed by atoms with Crippen LogP contribution in [0.4, 0.5) is 0 Å². The van der Waals surface area contributed by atoms with Crippen molar-refractivity contribution in [2.75, 3.05) is 7.05 Å². The fraction of sp³-hybridized carbons (Fsp3) is 0.667. The molecular weight excluding hydrogens is 210 g/mol. The standard InChI is InChI=1S/C15H27NO/c1-5-7-9-11-13-15(16-4,14(3)17)12-10-8-6-2/h5-7,16H,2,8-13H2,1,3-4H3/t15-/m1/s1. The van der Waals surface area contributed by atoms with Crippen LogP contribution in [0.5, 0.6) is 0 Å². The third-order valence-corrected chi connectivity index (χ3v) is 3.37. The van der Waals surface area contributed by atoms with E-state index in [4.69, 9.17) is 0 Å². The average Bonchev–Trinajstić information content (AvgIpc) is 2.32. The molecule has 98 valence electrons. The molecule has 2 heteroatoms. The number of hydrogen-bond donors (Lipinski definition) is 1. The van der Waals surface area contributed by atoms with Crippen LogP contribution in [-0.2, 0) is 4.79 Å². The fourth-order valence-electron chi connectivity index (χ4n) is 2.14. The van der Waals surface area contributed by atoms with Crippen LogP contribution in [0.2, 0.25) is 0 Å². The first-order valence-electron chi connectivity index (χ1n) is 6.55. The number of nitrogens with one attached hydrogen (secondary N) is 1. The third kappa shape index (κ3) is 5.83. The van der Waals surface area contributed by atoms with E-state index in [9.17, 15) is 4.79 Å². The summed E-state index contributed by atoms with van der Waals surface area (Å²) in [7, 11) is 1.89. The molecule has 0 fully saturated rings. The van der Waals surface area contributed by atoms with Crippen LogP contribution >= 0.6 is 0 Å². The van der Waals surface area contributed by atoms with Crippen molar-refractivity contribution in [2.24, 2.45) is 0 Å². The lowest BCUT2D eigenvalue weighted by Gasteiger charge is -2.31. The number of likely N-dealkylation sites (N-methyl/N-ethyl adjacent to an activating group) is 1. The lowest BCUT2D eigenvalue weighted by Crippen LogP contribution is -2.49. The van der Waals surface area contributed by atoms with E-state index in [0.29, 0.717) is 0 Å². The molecule has 0 bridgehead atoms. The second-order valence-corrected chi connectivity index (χ2v) is 4.53. The van der Waals surface area contributed by atoms with Crippen molar-refractivity contribution >= 4 is 5.78 Å². The van der Waals surface area contributed by atoms with Crippen LogP contribution in [0.15, 0.2) is 24.8 Å². The number of carbonyl (C=O) groups excluding carboxylic acids is 1. The second kappa shape index (κ2) is 9.17. The third-order valence-electron chi connectivity index (χ3n) is 3.37. The minimum atomic E-state index is -0.329. The molecule has 0 aliphatic carbocycles. The van der Waals surface area contributed by atoms with Crippen LogP contribution in [0.3, 0.4) is 0 Å². The second-order valence-electron chi connectivity index (χ2n) is 4.53. The zero-order valence-electron chi connectivity index (χ0n) is 11.6. The number of hydrogen-bond acceptors (Lipinski definition) is 2. The maximum Gasteiger partial charge on any atom is 0.149 e. The van der Waals surface area contributed by atoms with E-state index in [2.05, 4.69) is 24.0 Å². The minimum Gasteiger partial charge on any atom is -0.308 e. The Morgan fingerprint density at radius 2 is 1.88 bits per heavy atom. The van der Waals surface area contributed by atoms with Gasteiger partial charge in [0, 0.05) is 0 Å². The Morgan fingerprint density at radius 1 is 1.29 bits per heavy atom. The molecule has 0 radical (unpaired) electrons. The van der Waals surface area contributed by atoms with E-state index in [-0.39, 0.29) is 11.3 Å². The summed E-state index contributed by atoms with van der Waals surface area (Å²) in [5, 5.41) is 3.24. The van der Waals surface area contributed by atoms with E-state index in [1.165, 1.54) is 0 Å². The van der Waals surface area contributed by atoms with Gasteiger partial charge in [0.1, 0.15) is 5.78 Å². The molecule has 0 spiro atoms. The summed E-state index contributed by atoms with van der Waals surface area (Å²) in [5.74, 6) is 0.254. The Bertz CT molecular complexity index is 258. The van der Waals surface area contributed by atoms with E-state index < -0.39 is 0 Å². The van der Waals surface area contributed by atoms with Crippen LogP contribution in [-0.4, -0.2) is 18.4 Å². The van der Waals surface area contributed by atoms with E-state index in [1.54, 1.807) is 6.92 Å². The normalized spacial score (nSPS) is 14.8. The minimum absolute atomic E-state index is 0.254. The first kappa shape index (κ1) is 16.1. The van der Waals surface area contributed by atoms with Crippen molar-refractivity contribution in [3.63, 3.8) is 0 Å². The Kier molecular flexibility index (Phi) is 8.69. The molecule has 0 saturated carbocycles. The summed E-state index contributed by atoms with van der Waals surface area (Å²) in [5.41, 5.74) is -0.329. The van der Waals surface area contributed by atoms with Gasteiger partial charge in [-0.15, -0.1) is 6.58 Å². The van der Waals surface area contributed by atoms with E-state index in [0.717, 1.165) is 38.5 Å². The summed E-state index contributed by atoms with van der Waals surface area (Å²) >= 11 is 0. The molecule has 0 saturated heterocycles. The lowest BCUT2D eigenvalue weighted by molar-refractivity contribution is -0.123. The predicted octanol–water partition coefficient (Wildman–Crippen LogP) is 3.64. The zero-order chi connectivity index (χ0) is 13.1. The molecule has 0 rings (SSSR count). The van der Waals surface area contributed by atoms with Crippen molar-refractivity contribution < 1.29 is 4.79 Å². The van der Waals surface area contributed by atoms with Gasteiger partial charge in [-0.1, -0.05) is 18.2 Å². The number of allylic oxidation sites excluding steroid dienone is 3. The Balaban J connectivity index is 4.36. The van der Waals surface area contributed by atoms with Gasteiger partial charge in [0.25, 0.3) is 0 Å². The van der Waals surface area contributed by atoms with Crippen LogP contribution < -0.4 is 5.32 Å². The molecule has 1 atom stereocenters. The predicted molar refractivity (Wildman–Crippen MR) is 75.2 cm³/mol. The van der Waals surface area contributed by atoms with Gasteiger partial charge in [0.05, 0.1) is 5.54 Å². The molecule has 0 aromatic carbocycles. The van der Waals surface area contributed by atoms with Crippen LogP contribution in [0.1, 0.15) is 52.4 Å². The van der Waals surface area contributed by atoms with Gasteiger partial charge in [-0.05, 0) is 59.4 Å². The van der Waals surface area contributed by atoms with Gasteiger partial charge in [-0.2, -0.15) is 0 Å². The first-order chi connectivity index (χ1) is 8.13. The molecule has 0 heterocycles. The number of ketones is 1. The van der Waals surface area contributed by atoms with Gasteiger partial charge in [-0.3, -0.25) is 4.79 Å². The fourth-order valence-corrected chi connectivity index (χ4v) is 2.14. The molecule has 0 aromatic heterocycles. The number of rotatable bonds is 10. The van der Waals surface area contributed by atoms with Crippen molar-refractivity contribution in [1.82, 2.24) is 5.32 Å². The van der Waals surface area contributed by atoms with Gasteiger partial charge in [-0.25, -0.2) is 0 Å². The van der Waals surface area contributed by atoms with E-state index >= 15 is 0 Å². The molecule has 0 unspecified atom stereocenters. The summed E-state index contributed by atoms with van der Waals surface area (Å²) in [6, 6.07) is 0. The maximum absolute atomic E-state index is 11.8. The van der Waals surface area contributed by atoms with Gasteiger partial charge >= 0.3 is 0 Å². The number of carbonyl (C=O) groups is 1. The molecule has 0 amide bonds. The number of unbranched alkanes of at least 4 members (excludes halogenated alkanes) is 2. The van der Waals surface area contributed by atoms with Crippen molar-refractivity contribution in [2.45, 2.75) is 57.9 Å². The Labute approximate surface area is 106 Å². The van der Waals surface area contributed by atoms with Crippen molar-refractivity contribution in [3.8, 4) is 0 Å². The average molecular weight is 237 g/mol. The molecule has 0 aromatic rings. The van der Waals surface area contributed by atoms with Crippen LogP contribution in [0, 0.1) is 0 Å². The summed E-state index contributed by atoms with van der Waals surface area (Å²) in [6.07, 6.45) is 12.1. The van der Waals surface area contributed by atoms with E-state index in [1.807, 2.05) is 20.0 Å². The molecule has 1 N–H and O–H groups in total. The molecule has 2 nitrogen and oxygen atoms in total. The molecule has 17 heavy (non-hydrogen) atoms. The summed E-state index contributed by atoms with van der Waals surface area (Å²) in [4.78, 5) is 11.8. The van der Waals surface area contributed by atoms with Gasteiger partial charge in [0.2, 0.25) is 0 Å². The quantitative estimate of drug-likeness (QED) is 0.464. The molecule has 0 aliphatic heterocycles. The van der Waals surface area contributed by atoms with Gasteiger partial charge in [0.15, 0.2) is 0 Å².